The van der Waals surface area contributed by atoms with Crippen LogP contribution in [0.5, 0.6) is 0 Å². The first-order chi connectivity index (χ1) is 7.92. The third kappa shape index (κ3) is 5.89. The van der Waals surface area contributed by atoms with Gasteiger partial charge in [0.1, 0.15) is 6.04 Å². The average molecular weight is 244 g/mol. The first kappa shape index (κ1) is 15.4. The van der Waals surface area contributed by atoms with E-state index in [1.165, 1.54) is 6.92 Å². The maximum absolute atomic E-state index is 11.6. The van der Waals surface area contributed by atoms with Crippen molar-refractivity contribution >= 4 is 17.8 Å². The lowest BCUT2D eigenvalue weighted by atomic mass is 10.2. The summed E-state index contributed by atoms with van der Waals surface area (Å²) < 4.78 is 0. The van der Waals surface area contributed by atoms with E-state index in [2.05, 4.69) is 5.32 Å². The van der Waals surface area contributed by atoms with Crippen LogP contribution in [-0.2, 0) is 14.4 Å². The van der Waals surface area contributed by atoms with Gasteiger partial charge in [-0.1, -0.05) is 0 Å². The van der Waals surface area contributed by atoms with Crippen molar-refractivity contribution in [3.05, 3.63) is 0 Å². The predicted octanol–water partition coefficient (Wildman–Crippen LogP) is 0.224. The number of nitrogens with one attached hydrogen (secondary N) is 1. The van der Waals surface area contributed by atoms with E-state index < -0.39 is 17.9 Å². The fourth-order valence-electron chi connectivity index (χ4n) is 1.33. The van der Waals surface area contributed by atoms with E-state index in [9.17, 15) is 14.4 Å². The van der Waals surface area contributed by atoms with Gasteiger partial charge in [0, 0.05) is 25.9 Å². The SMILES string of the molecule is CCN(CC)C(=O)CCC(=O)NC(C)C(=O)O. The van der Waals surface area contributed by atoms with Crippen LogP contribution in [0, 0.1) is 0 Å². The maximum atomic E-state index is 11.6. The second-order valence-corrected chi connectivity index (χ2v) is 3.69. The van der Waals surface area contributed by atoms with Crippen molar-refractivity contribution in [2.75, 3.05) is 13.1 Å². The minimum atomic E-state index is -1.09. The molecule has 0 aliphatic heterocycles. The number of carbonyl (C=O) groups is 3. The van der Waals surface area contributed by atoms with Gasteiger partial charge in [-0.25, -0.2) is 0 Å². The number of carboxylic acids is 1. The maximum Gasteiger partial charge on any atom is 0.325 e. The normalized spacial score (nSPS) is 11.7. The Labute approximate surface area is 101 Å². The molecule has 0 aliphatic carbocycles. The molecule has 0 radical (unpaired) electrons. The van der Waals surface area contributed by atoms with Crippen LogP contribution in [0.3, 0.4) is 0 Å². The molecule has 6 nitrogen and oxygen atoms in total. The van der Waals surface area contributed by atoms with E-state index in [1.54, 1.807) is 4.90 Å². The van der Waals surface area contributed by atoms with E-state index in [1.807, 2.05) is 13.8 Å². The molecule has 0 aliphatic rings. The van der Waals surface area contributed by atoms with Crippen LogP contribution in [0.15, 0.2) is 0 Å². The van der Waals surface area contributed by atoms with Gasteiger partial charge in [0.15, 0.2) is 0 Å². The monoisotopic (exact) mass is 244 g/mol. The molecule has 0 heterocycles. The number of carboxylic acid groups (broad SMARTS) is 1. The van der Waals surface area contributed by atoms with E-state index in [0.29, 0.717) is 13.1 Å². The van der Waals surface area contributed by atoms with E-state index >= 15 is 0 Å². The molecule has 1 unspecified atom stereocenters. The fourth-order valence-corrected chi connectivity index (χ4v) is 1.33. The lowest BCUT2D eigenvalue weighted by molar-refractivity contribution is -0.141. The van der Waals surface area contributed by atoms with Gasteiger partial charge in [0.2, 0.25) is 11.8 Å². The topological polar surface area (TPSA) is 86.7 Å². The van der Waals surface area contributed by atoms with Gasteiger partial charge in [0.05, 0.1) is 0 Å². The summed E-state index contributed by atoms with van der Waals surface area (Å²) in [6.07, 6.45) is 0.132. The zero-order chi connectivity index (χ0) is 13.4. The molecule has 98 valence electrons. The van der Waals surface area contributed by atoms with Gasteiger partial charge in [-0.3, -0.25) is 14.4 Å². The lowest BCUT2D eigenvalue weighted by Crippen LogP contribution is -2.39. The van der Waals surface area contributed by atoms with Crippen molar-refractivity contribution in [1.82, 2.24) is 10.2 Å². The summed E-state index contributed by atoms with van der Waals surface area (Å²) in [6.45, 7) is 6.35. The Kier molecular flexibility index (Phi) is 6.93. The Bertz CT molecular complexity index is 287. The van der Waals surface area contributed by atoms with E-state index in [0.717, 1.165) is 0 Å². The first-order valence-electron chi connectivity index (χ1n) is 5.72. The Balaban J connectivity index is 3.99. The van der Waals surface area contributed by atoms with Gasteiger partial charge in [-0.2, -0.15) is 0 Å². The highest BCUT2D eigenvalue weighted by Gasteiger charge is 2.16. The van der Waals surface area contributed by atoms with Crippen LogP contribution >= 0.6 is 0 Å². The van der Waals surface area contributed by atoms with Gasteiger partial charge >= 0.3 is 5.97 Å². The Morgan fingerprint density at radius 3 is 2.12 bits per heavy atom. The van der Waals surface area contributed by atoms with Crippen LogP contribution < -0.4 is 5.32 Å². The molecule has 0 saturated heterocycles. The molecule has 2 N–H and O–H groups in total. The predicted molar refractivity (Wildman–Crippen MR) is 62.4 cm³/mol. The molecule has 0 bridgehead atoms. The molecule has 17 heavy (non-hydrogen) atoms. The van der Waals surface area contributed by atoms with Crippen LogP contribution in [0.1, 0.15) is 33.6 Å². The van der Waals surface area contributed by atoms with Crippen molar-refractivity contribution in [3.63, 3.8) is 0 Å². The van der Waals surface area contributed by atoms with Gasteiger partial charge in [-0.05, 0) is 20.8 Å². The number of aliphatic carboxylic acids is 1. The number of rotatable bonds is 7. The molecule has 1 atom stereocenters. The quantitative estimate of drug-likeness (QED) is 0.671. The number of carbonyl (C=O) groups excluding carboxylic acids is 2. The minimum Gasteiger partial charge on any atom is -0.480 e. The number of amides is 2. The molecule has 0 fully saturated rings. The van der Waals surface area contributed by atoms with Crippen molar-refractivity contribution < 1.29 is 19.5 Å². The van der Waals surface area contributed by atoms with Gasteiger partial charge in [-0.15, -0.1) is 0 Å². The number of nitrogens with zero attached hydrogens (tertiary/aromatic N) is 1. The summed E-state index contributed by atoms with van der Waals surface area (Å²) in [7, 11) is 0. The second kappa shape index (κ2) is 7.65. The standard InChI is InChI=1S/C11H20N2O4/c1-4-13(5-2)10(15)7-6-9(14)12-8(3)11(16)17/h8H,4-7H2,1-3H3,(H,12,14)(H,16,17). The summed E-state index contributed by atoms with van der Waals surface area (Å²) in [5.41, 5.74) is 0. The summed E-state index contributed by atoms with van der Waals surface area (Å²) in [4.78, 5) is 35.0. The summed E-state index contributed by atoms with van der Waals surface area (Å²) >= 11 is 0. The third-order valence-corrected chi connectivity index (χ3v) is 2.43. The highest BCUT2D eigenvalue weighted by Crippen LogP contribution is 1.98. The summed E-state index contributed by atoms with van der Waals surface area (Å²) in [6, 6.07) is -0.925. The zero-order valence-electron chi connectivity index (χ0n) is 10.5. The largest absolute Gasteiger partial charge is 0.480 e. The van der Waals surface area contributed by atoms with Crippen LogP contribution in [0.4, 0.5) is 0 Å². The van der Waals surface area contributed by atoms with Gasteiger partial charge < -0.3 is 15.3 Å². The van der Waals surface area contributed by atoms with Crippen molar-refractivity contribution in [2.45, 2.75) is 39.7 Å². The number of hydrogen-bond donors (Lipinski definition) is 2. The Morgan fingerprint density at radius 1 is 1.18 bits per heavy atom. The smallest absolute Gasteiger partial charge is 0.325 e. The average Bonchev–Trinajstić information content (AvgIpc) is 2.27. The molecular formula is C11H20N2O4. The minimum absolute atomic E-state index is 0.0208. The molecule has 6 heteroatoms. The molecule has 0 aromatic rings. The third-order valence-electron chi connectivity index (χ3n) is 2.43. The van der Waals surface area contributed by atoms with Gasteiger partial charge in [0.25, 0.3) is 0 Å². The van der Waals surface area contributed by atoms with Crippen molar-refractivity contribution in [2.24, 2.45) is 0 Å². The highest BCUT2D eigenvalue weighted by atomic mass is 16.4. The Morgan fingerprint density at radius 2 is 1.71 bits per heavy atom. The first-order valence-corrected chi connectivity index (χ1v) is 5.72. The molecule has 0 saturated carbocycles. The van der Waals surface area contributed by atoms with Crippen LogP contribution in [0.25, 0.3) is 0 Å². The zero-order valence-corrected chi connectivity index (χ0v) is 10.5. The number of hydrogen-bond acceptors (Lipinski definition) is 3. The summed E-state index contributed by atoms with van der Waals surface area (Å²) in [5, 5.41) is 10.9. The lowest BCUT2D eigenvalue weighted by Gasteiger charge is -2.18. The molecular weight excluding hydrogens is 224 g/mol. The summed E-state index contributed by atoms with van der Waals surface area (Å²) in [5.74, 6) is -1.60. The highest BCUT2D eigenvalue weighted by molar-refractivity contribution is 5.86. The molecule has 0 aromatic heterocycles. The van der Waals surface area contributed by atoms with Crippen molar-refractivity contribution in [1.29, 1.82) is 0 Å². The van der Waals surface area contributed by atoms with Crippen LogP contribution in [0.2, 0.25) is 0 Å². The second-order valence-electron chi connectivity index (χ2n) is 3.69. The molecule has 0 rings (SSSR count). The fraction of sp³-hybridized carbons (Fsp3) is 0.727. The van der Waals surface area contributed by atoms with Crippen LogP contribution in [-0.4, -0.2) is 46.9 Å². The molecule has 0 aromatic carbocycles. The molecule has 2 amide bonds. The van der Waals surface area contributed by atoms with E-state index in [-0.39, 0.29) is 18.7 Å². The molecule has 0 spiro atoms. The Hall–Kier alpha value is -1.59. The van der Waals surface area contributed by atoms with E-state index in [4.69, 9.17) is 5.11 Å². The van der Waals surface area contributed by atoms with Crippen molar-refractivity contribution in [3.8, 4) is 0 Å².